The summed E-state index contributed by atoms with van der Waals surface area (Å²) < 4.78 is 30.5. The fraction of sp³-hybridized carbons (Fsp3) is 0.667. The van der Waals surface area contributed by atoms with E-state index in [4.69, 9.17) is 14.2 Å². The zero-order valence-electron chi connectivity index (χ0n) is 18.1. The van der Waals surface area contributed by atoms with Gasteiger partial charge in [0.25, 0.3) is 0 Å². The molecular weight excluding hydrogens is 502 g/mol. The molecule has 1 unspecified atom stereocenters. The van der Waals surface area contributed by atoms with E-state index in [1.54, 1.807) is 7.05 Å². The number of hydrogen-bond donors (Lipinski definition) is 2. The molecule has 170 valence electrons. The molecule has 0 saturated carbocycles. The van der Waals surface area contributed by atoms with Crippen LogP contribution in [0.5, 0.6) is 5.75 Å². The number of nitrogens with zero attached hydrogens (tertiary/aromatic N) is 2. The van der Waals surface area contributed by atoms with Crippen molar-refractivity contribution in [2.24, 2.45) is 10.9 Å². The predicted octanol–water partition coefficient (Wildman–Crippen LogP) is 2.37. The summed E-state index contributed by atoms with van der Waals surface area (Å²) in [6, 6.07) is 3.00. The van der Waals surface area contributed by atoms with Crippen molar-refractivity contribution in [1.82, 2.24) is 15.5 Å². The first-order chi connectivity index (χ1) is 14.0. The Morgan fingerprint density at radius 2 is 2.17 bits per heavy atom. The summed E-state index contributed by atoms with van der Waals surface area (Å²) in [6.07, 6.45) is 0.771. The topological polar surface area (TPSA) is 67.4 Å². The second-order valence-electron chi connectivity index (χ2n) is 7.94. The van der Waals surface area contributed by atoms with E-state index in [0.29, 0.717) is 38.0 Å². The molecule has 0 spiro atoms. The van der Waals surface area contributed by atoms with Gasteiger partial charge < -0.3 is 24.8 Å². The summed E-state index contributed by atoms with van der Waals surface area (Å²) in [4.78, 5) is 6.73. The maximum absolute atomic E-state index is 13.9. The van der Waals surface area contributed by atoms with Gasteiger partial charge in [-0.25, -0.2) is 4.39 Å². The van der Waals surface area contributed by atoms with Gasteiger partial charge in [-0.15, -0.1) is 24.0 Å². The quantitative estimate of drug-likeness (QED) is 0.317. The first-order valence-corrected chi connectivity index (χ1v) is 10.4. The van der Waals surface area contributed by atoms with E-state index >= 15 is 0 Å². The molecule has 0 amide bonds. The van der Waals surface area contributed by atoms with E-state index in [1.807, 2.05) is 0 Å². The molecule has 7 nitrogen and oxygen atoms in total. The number of guanidine groups is 1. The molecule has 2 N–H and O–H groups in total. The average molecular weight is 536 g/mol. The van der Waals surface area contributed by atoms with Crippen molar-refractivity contribution in [2.75, 3.05) is 53.2 Å². The summed E-state index contributed by atoms with van der Waals surface area (Å²) in [5.41, 5.74) is 1.60. The Bertz CT molecular complexity index is 705. The number of halogens is 2. The van der Waals surface area contributed by atoms with E-state index in [1.165, 1.54) is 12.1 Å². The van der Waals surface area contributed by atoms with Crippen LogP contribution in [0.4, 0.5) is 4.39 Å². The molecule has 2 aliphatic heterocycles. The number of hydrogen-bond acceptors (Lipinski definition) is 5. The van der Waals surface area contributed by atoms with Crippen LogP contribution >= 0.6 is 24.0 Å². The summed E-state index contributed by atoms with van der Waals surface area (Å²) in [6.45, 7) is 10.2. The van der Waals surface area contributed by atoms with Crippen molar-refractivity contribution in [2.45, 2.75) is 33.0 Å². The van der Waals surface area contributed by atoms with E-state index in [-0.39, 0.29) is 42.7 Å². The van der Waals surface area contributed by atoms with Gasteiger partial charge in [0, 0.05) is 45.3 Å². The lowest BCUT2D eigenvalue weighted by molar-refractivity contribution is -0.0284. The summed E-state index contributed by atoms with van der Waals surface area (Å²) in [5, 5.41) is 6.62. The molecular formula is C21H34FIN4O3. The Kier molecular flexibility index (Phi) is 10.6. The lowest BCUT2D eigenvalue weighted by atomic mass is 10.1. The number of morpholine rings is 1. The Morgan fingerprint density at radius 3 is 2.93 bits per heavy atom. The average Bonchev–Trinajstić information content (AvgIpc) is 2.70. The van der Waals surface area contributed by atoms with Gasteiger partial charge in [-0.05, 0) is 30.0 Å². The van der Waals surface area contributed by atoms with Crippen LogP contribution in [0.1, 0.15) is 25.0 Å². The standard InChI is InChI=1S/C21H33FN4O3.HI/c1-15(2)11-26-6-7-28-19(12-26)10-25-21(23-3)24-5-4-16-8-18(22)9-17-13-27-14-29-20(16)17;/h8-9,15,19H,4-7,10-14H2,1-3H3,(H2,23,24,25);1H. The molecule has 1 atom stereocenters. The maximum Gasteiger partial charge on any atom is 0.191 e. The highest BCUT2D eigenvalue weighted by molar-refractivity contribution is 14.0. The monoisotopic (exact) mass is 536 g/mol. The van der Waals surface area contributed by atoms with Gasteiger partial charge in [-0.1, -0.05) is 13.8 Å². The van der Waals surface area contributed by atoms with Crippen molar-refractivity contribution in [1.29, 1.82) is 0 Å². The Labute approximate surface area is 195 Å². The lowest BCUT2D eigenvalue weighted by Crippen LogP contribution is -2.50. The van der Waals surface area contributed by atoms with E-state index in [9.17, 15) is 4.39 Å². The minimum absolute atomic E-state index is 0. The molecule has 1 fully saturated rings. The summed E-state index contributed by atoms with van der Waals surface area (Å²) in [5.74, 6) is 1.84. The van der Waals surface area contributed by atoms with E-state index < -0.39 is 0 Å². The maximum atomic E-state index is 13.9. The fourth-order valence-electron chi connectivity index (χ4n) is 3.78. The second kappa shape index (κ2) is 12.6. The molecule has 0 aromatic heterocycles. The molecule has 0 aliphatic carbocycles. The lowest BCUT2D eigenvalue weighted by Gasteiger charge is -2.34. The molecule has 1 aromatic rings. The highest BCUT2D eigenvalue weighted by atomic mass is 127. The number of rotatable bonds is 7. The van der Waals surface area contributed by atoms with Crippen molar-refractivity contribution in [3.8, 4) is 5.75 Å². The van der Waals surface area contributed by atoms with E-state index in [2.05, 4.69) is 34.4 Å². The number of benzene rings is 1. The van der Waals surface area contributed by atoms with Crippen LogP contribution in [-0.2, 0) is 22.5 Å². The summed E-state index contributed by atoms with van der Waals surface area (Å²) >= 11 is 0. The van der Waals surface area contributed by atoms with Crippen LogP contribution in [0.25, 0.3) is 0 Å². The Balaban J connectivity index is 0.00000320. The van der Waals surface area contributed by atoms with Crippen molar-refractivity contribution in [3.63, 3.8) is 0 Å². The van der Waals surface area contributed by atoms with Gasteiger partial charge in [0.1, 0.15) is 11.6 Å². The molecule has 1 aromatic carbocycles. The Morgan fingerprint density at radius 1 is 1.33 bits per heavy atom. The third-order valence-electron chi connectivity index (χ3n) is 5.01. The van der Waals surface area contributed by atoms with E-state index in [0.717, 1.165) is 43.1 Å². The van der Waals surface area contributed by atoms with Gasteiger partial charge in [-0.2, -0.15) is 0 Å². The van der Waals surface area contributed by atoms with Gasteiger partial charge >= 0.3 is 0 Å². The van der Waals surface area contributed by atoms with Gasteiger partial charge in [0.05, 0.1) is 19.3 Å². The highest BCUT2D eigenvalue weighted by Crippen LogP contribution is 2.29. The van der Waals surface area contributed by atoms with Crippen LogP contribution in [-0.4, -0.2) is 70.1 Å². The zero-order valence-corrected chi connectivity index (χ0v) is 20.4. The SMILES string of the molecule is CN=C(NCCc1cc(F)cc2c1OCOC2)NCC1CN(CC(C)C)CCO1.I. The molecule has 30 heavy (non-hydrogen) atoms. The third kappa shape index (κ3) is 7.51. The smallest absolute Gasteiger partial charge is 0.191 e. The van der Waals surface area contributed by atoms with Crippen molar-refractivity contribution < 1.29 is 18.6 Å². The molecule has 0 bridgehead atoms. The zero-order chi connectivity index (χ0) is 20.6. The van der Waals surface area contributed by atoms with Gasteiger partial charge in [0.15, 0.2) is 12.8 Å². The summed E-state index contributed by atoms with van der Waals surface area (Å²) in [7, 11) is 1.74. The van der Waals surface area contributed by atoms with Crippen LogP contribution in [0.3, 0.4) is 0 Å². The first kappa shape index (κ1) is 25.1. The molecule has 0 radical (unpaired) electrons. The normalized spacial score (nSPS) is 19.6. The predicted molar refractivity (Wildman–Crippen MR) is 126 cm³/mol. The van der Waals surface area contributed by atoms with Crippen molar-refractivity contribution >= 4 is 29.9 Å². The Hall–Kier alpha value is -1.17. The molecule has 1 saturated heterocycles. The minimum atomic E-state index is -0.268. The number of fused-ring (bicyclic) bond motifs is 1. The highest BCUT2D eigenvalue weighted by Gasteiger charge is 2.21. The van der Waals surface area contributed by atoms with Crippen LogP contribution in [0.15, 0.2) is 17.1 Å². The number of nitrogens with one attached hydrogen (secondary N) is 2. The van der Waals surface area contributed by atoms with Crippen LogP contribution in [0.2, 0.25) is 0 Å². The van der Waals surface area contributed by atoms with Gasteiger partial charge in [0.2, 0.25) is 0 Å². The van der Waals surface area contributed by atoms with Crippen molar-refractivity contribution in [3.05, 3.63) is 29.1 Å². The molecule has 2 aliphatic rings. The third-order valence-corrected chi connectivity index (χ3v) is 5.01. The molecule has 9 heteroatoms. The fourth-order valence-corrected chi connectivity index (χ4v) is 3.78. The first-order valence-electron chi connectivity index (χ1n) is 10.4. The second-order valence-corrected chi connectivity index (χ2v) is 7.94. The van der Waals surface area contributed by atoms with Crippen LogP contribution < -0.4 is 15.4 Å². The van der Waals surface area contributed by atoms with Crippen LogP contribution in [0, 0.1) is 11.7 Å². The molecule has 2 heterocycles. The van der Waals surface area contributed by atoms with Gasteiger partial charge in [-0.3, -0.25) is 9.89 Å². The number of aliphatic imine (C=N–C) groups is 1. The minimum Gasteiger partial charge on any atom is -0.467 e. The molecule has 3 rings (SSSR count). The largest absolute Gasteiger partial charge is 0.467 e. The number of ether oxygens (including phenoxy) is 3.